The average molecular weight is 668 g/mol. The van der Waals surface area contributed by atoms with Gasteiger partial charge in [-0.2, -0.15) is 43.8 Å². The molecule has 0 spiro atoms. The number of hydrogen-bond acceptors (Lipinski definition) is 4. The quantitative estimate of drug-likeness (QED) is 0.312. The summed E-state index contributed by atoms with van der Waals surface area (Å²) in [5.74, 6) is -3.13. The van der Waals surface area contributed by atoms with Crippen molar-refractivity contribution in [1.29, 1.82) is 0 Å². The largest absolute Gasteiger partial charge is 0.416 e. The summed E-state index contributed by atoms with van der Waals surface area (Å²) in [4.78, 5) is 27.0. The van der Waals surface area contributed by atoms with E-state index < -0.39 is 101 Å². The molecule has 0 saturated carbocycles. The van der Waals surface area contributed by atoms with Gasteiger partial charge in [-0.3, -0.25) is 9.59 Å². The Morgan fingerprint density at radius 3 is 2.00 bits per heavy atom. The van der Waals surface area contributed by atoms with Gasteiger partial charge in [-0.1, -0.05) is 18.2 Å². The number of hydrogen-bond donors (Lipinski definition) is 1. The summed E-state index contributed by atoms with van der Waals surface area (Å²) in [5, 5.41) is 2.19. The third kappa shape index (κ3) is 8.53. The SMILES string of the molecule is O=C(NCc1ccccc1C(F)(F)F)C1CN(C(=O)c2cc(C(F)(F)F)cc(C(F)(F)F)c2)CCN1S(=O)(=O)CCCCl. The normalized spacial score (nSPS) is 17.2. The third-order valence-electron chi connectivity index (χ3n) is 6.42. The van der Waals surface area contributed by atoms with Crippen LogP contribution in [-0.4, -0.2) is 66.7 Å². The number of nitrogens with zero attached hydrogens (tertiary/aromatic N) is 2. The first-order chi connectivity index (χ1) is 19.8. The highest BCUT2D eigenvalue weighted by molar-refractivity contribution is 7.89. The number of amides is 2. The zero-order valence-corrected chi connectivity index (χ0v) is 23.4. The van der Waals surface area contributed by atoms with Gasteiger partial charge in [0.25, 0.3) is 5.91 Å². The molecule has 2 aromatic rings. The van der Waals surface area contributed by atoms with Gasteiger partial charge in [-0.05, 0) is 36.2 Å². The van der Waals surface area contributed by atoms with Crippen molar-refractivity contribution in [3.05, 3.63) is 70.3 Å². The van der Waals surface area contributed by atoms with E-state index in [1.165, 1.54) is 6.07 Å². The smallest absolute Gasteiger partial charge is 0.351 e. The zero-order chi connectivity index (χ0) is 32.4. The van der Waals surface area contributed by atoms with Crippen LogP contribution in [0.4, 0.5) is 39.5 Å². The molecular formula is C25H23ClF9N3O4S. The van der Waals surface area contributed by atoms with Gasteiger partial charge < -0.3 is 10.2 Å². The van der Waals surface area contributed by atoms with E-state index in [0.717, 1.165) is 18.2 Å². The molecule has 1 heterocycles. The van der Waals surface area contributed by atoms with Crippen molar-refractivity contribution in [2.75, 3.05) is 31.3 Å². The number of carbonyl (C=O) groups excluding carboxylic acids is 2. The van der Waals surface area contributed by atoms with Gasteiger partial charge in [-0.15, -0.1) is 11.6 Å². The predicted molar refractivity (Wildman–Crippen MR) is 135 cm³/mol. The minimum atomic E-state index is -5.25. The van der Waals surface area contributed by atoms with Crippen molar-refractivity contribution < 1.29 is 57.5 Å². The van der Waals surface area contributed by atoms with Crippen molar-refractivity contribution in [2.24, 2.45) is 0 Å². The first-order valence-corrected chi connectivity index (χ1v) is 14.5. The minimum Gasteiger partial charge on any atom is -0.351 e. The van der Waals surface area contributed by atoms with Crippen molar-refractivity contribution in [3.8, 4) is 0 Å². The first kappa shape index (κ1) is 34.4. The molecule has 43 heavy (non-hydrogen) atoms. The summed E-state index contributed by atoms with van der Waals surface area (Å²) in [6, 6.07) is 2.66. The number of piperazine rings is 1. The van der Waals surface area contributed by atoms with Crippen LogP contribution in [-0.2, 0) is 39.9 Å². The molecule has 0 aromatic heterocycles. The number of alkyl halides is 10. The molecule has 1 aliphatic rings. The fraction of sp³-hybridized carbons (Fsp3) is 0.440. The highest BCUT2D eigenvalue weighted by atomic mass is 35.5. The van der Waals surface area contributed by atoms with Gasteiger partial charge in [-0.25, -0.2) is 8.42 Å². The van der Waals surface area contributed by atoms with Gasteiger partial charge in [0.15, 0.2) is 0 Å². The lowest BCUT2D eigenvalue weighted by molar-refractivity contribution is -0.143. The Morgan fingerprint density at radius 1 is 0.884 bits per heavy atom. The molecule has 0 radical (unpaired) electrons. The molecule has 2 amide bonds. The van der Waals surface area contributed by atoms with Crippen LogP contribution in [0.5, 0.6) is 0 Å². The number of halogens is 10. The monoisotopic (exact) mass is 667 g/mol. The van der Waals surface area contributed by atoms with Crippen LogP contribution in [0.25, 0.3) is 0 Å². The Bertz CT molecular complexity index is 1410. The van der Waals surface area contributed by atoms with Crippen LogP contribution in [0.3, 0.4) is 0 Å². The van der Waals surface area contributed by atoms with Gasteiger partial charge in [0, 0.05) is 37.6 Å². The van der Waals surface area contributed by atoms with Crippen LogP contribution in [0.1, 0.15) is 39.0 Å². The lowest BCUT2D eigenvalue weighted by Crippen LogP contribution is -2.61. The van der Waals surface area contributed by atoms with E-state index in [2.05, 4.69) is 5.32 Å². The molecule has 1 saturated heterocycles. The summed E-state index contributed by atoms with van der Waals surface area (Å²) < 4.78 is 147. The Balaban J connectivity index is 1.95. The number of nitrogens with one attached hydrogen (secondary N) is 1. The molecule has 3 rings (SSSR count). The molecule has 18 heteroatoms. The zero-order valence-electron chi connectivity index (χ0n) is 21.8. The van der Waals surface area contributed by atoms with E-state index in [9.17, 15) is 57.5 Å². The molecule has 1 N–H and O–H groups in total. The average Bonchev–Trinajstić information content (AvgIpc) is 2.92. The molecule has 2 aromatic carbocycles. The van der Waals surface area contributed by atoms with E-state index in [1.807, 2.05) is 0 Å². The van der Waals surface area contributed by atoms with E-state index in [-0.39, 0.29) is 36.1 Å². The van der Waals surface area contributed by atoms with Gasteiger partial charge >= 0.3 is 18.5 Å². The van der Waals surface area contributed by atoms with Crippen LogP contribution >= 0.6 is 11.6 Å². The van der Waals surface area contributed by atoms with Crippen molar-refractivity contribution in [2.45, 2.75) is 37.5 Å². The number of benzene rings is 2. The second kappa shape index (κ2) is 12.9. The minimum absolute atomic E-state index is 0.0548. The second-order valence-electron chi connectivity index (χ2n) is 9.40. The molecule has 1 unspecified atom stereocenters. The summed E-state index contributed by atoms with van der Waals surface area (Å²) in [5.41, 5.74) is -5.98. The summed E-state index contributed by atoms with van der Waals surface area (Å²) in [6.07, 6.45) is -15.3. The molecule has 1 fully saturated rings. The number of sulfonamides is 1. The van der Waals surface area contributed by atoms with Crippen molar-refractivity contribution in [3.63, 3.8) is 0 Å². The van der Waals surface area contributed by atoms with Crippen LogP contribution in [0.2, 0.25) is 0 Å². The van der Waals surface area contributed by atoms with Crippen LogP contribution in [0, 0.1) is 0 Å². The standard InChI is InChI=1S/C25H23ClF9N3O4S/c26-6-3-9-43(41,42)38-8-7-37(22(40)16-10-17(23(27,28)29)12-18(11-16)24(30,31)32)14-20(38)21(39)36-13-15-4-1-2-5-19(15)25(33,34)35/h1-2,4-5,10-12,20H,3,6-9,13-14H2,(H,36,39). The predicted octanol–water partition coefficient (Wildman–Crippen LogP) is 5.14. The van der Waals surface area contributed by atoms with Gasteiger partial charge in [0.05, 0.1) is 22.4 Å². The molecule has 7 nitrogen and oxygen atoms in total. The number of carbonyl (C=O) groups is 2. The Labute approximate surface area is 244 Å². The van der Waals surface area contributed by atoms with Crippen LogP contribution in [0.15, 0.2) is 42.5 Å². The topological polar surface area (TPSA) is 86.8 Å². The summed E-state index contributed by atoms with van der Waals surface area (Å²) >= 11 is 5.57. The van der Waals surface area contributed by atoms with Crippen molar-refractivity contribution >= 4 is 33.4 Å². The lowest BCUT2D eigenvalue weighted by Gasteiger charge is -2.39. The maximum absolute atomic E-state index is 13.4. The van der Waals surface area contributed by atoms with E-state index in [4.69, 9.17) is 11.6 Å². The Hall–Kier alpha value is -3.05. The third-order valence-corrected chi connectivity index (χ3v) is 8.65. The van der Waals surface area contributed by atoms with E-state index >= 15 is 0 Å². The second-order valence-corrected chi connectivity index (χ2v) is 11.8. The van der Waals surface area contributed by atoms with Gasteiger partial charge in [0.1, 0.15) is 6.04 Å². The van der Waals surface area contributed by atoms with Crippen LogP contribution < -0.4 is 5.32 Å². The summed E-state index contributed by atoms with van der Waals surface area (Å²) in [6.45, 7) is -2.63. The maximum Gasteiger partial charge on any atom is 0.416 e. The van der Waals surface area contributed by atoms with Gasteiger partial charge in [0.2, 0.25) is 15.9 Å². The first-order valence-electron chi connectivity index (χ1n) is 12.3. The van der Waals surface area contributed by atoms with E-state index in [0.29, 0.717) is 9.21 Å². The maximum atomic E-state index is 13.4. The number of rotatable bonds is 8. The Kier molecular flexibility index (Phi) is 10.3. The molecule has 0 aliphatic carbocycles. The molecule has 1 atom stereocenters. The molecule has 238 valence electrons. The fourth-order valence-electron chi connectivity index (χ4n) is 4.36. The lowest BCUT2D eigenvalue weighted by atomic mass is 10.0. The molecule has 1 aliphatic heterocycles. The highest BCUT2D eigenvalue weighted by Gasteiger charge is 2.42. The fourth-order valence-corrected chi connectivity index (χ4v) is 6.31. The summed E-state index contributed by atoms with van der Waals surface area (Å²) in [7, 11) is -4.25. The highest BCUT2D eigenvalue weighted by Crippen LogP contribution is 2.37. The Morgan fingerprint density at radius 2 is 1.47 bits per heavy atom. The van der Waals surface area contributed by atoms with Crippen molar-refractivity contribution in [1.82, 2.24) is 14.5 Å². The molecular weight excluding hydrogens is 645 g/mol. The van der Waals surface area contributed by atoms with E-state index in [1.54, 1.807) is 0 Å². The molecule has 0 bridgehead atoms.